The molecular formula is C19H30CoO5. The molecule has 1 aromatic carbocycles. The average molecular weight is 397 g/mol. The van der Waals surface area contributed by atoms with Crippen LogP contribution < -0.4 is 9.47 Å². The number of hydrogen-bond acceptors (Lipinski definition) is 5. The Hall–Kier alpha value is -0.794. The van der Waals surface area contributed by atoms with Gasteiger partial charge in [0.2, 0.25) is 6.79 Å². The second-order valence-corrected chi connectivity index (χ2v) is 5.86. The molecule has 0 saturated carbocycles. The fraction of sp³-hybridized carbons (Fsp3) is 0.684. The Morgan fingerprint density at radius 2 is 1.40 bits per heavy atom. The summed E-state index contributed by atoms with van der Waals surface area (Å²) in [5, 5.41) is 0. The van der Waals surface area contributed by atoms with E-state index >= 15 is 0 Å². The van der Waals surface area contributed by atoms with Crippen molar-refractivity contribution in [1.82, 2.24) is 0 Å². The first-order valence-electron chi connectivity index (χ1n) is 8.99. The molecule has 0 amide bonds. The van der Waals surface area contributed by atoms with Gasteiger partial charge >= 0.3 is 0 Å². The Labute approximate surface area is 161 Å². The van der Waals surface area contributed by atoms with Crippen molar-refractivity contribution >= 4 is 0 Å². The monoisotopic (exact) mass is 397 g/mol. The minimum atomic E-state index is 0. The first kappa shape index (κ1) is 22.2. The Bertz CT molecular complexity index is 481. The predicted octanol–water partition coefficient (Wildman–Crippen LogP) is 3.72. The molecule has 0 saturated heterocycles. The number of aryl methyl sites for hydroxylation is 1. The summed E-state index contributed by atoms with van der Waals surface area (Å²) < 4.78 is 27.6. The van der Waals surface area contributed by atoms with Crippen molar-refractivity contribution in [1.29, 1.82) is 0 Å². The van der Waals surface area contributed by atoms with Gasteiger partial charge < -0.3 is 23.7 Å². The molecule has 1 aliphatic rings. The van der Waals surface area contributed by atoms with Crippen LogP contribution in [-0.2, 0) is 44.0 Å². The minimum Gasteiger partial charge on any atom is -0.454 e. The number of unbranched alkanes of at least 4 members (excludes halogenated alkanes) is 1. The summed E-state index contributed by atoms with van der Waals surface area (Å²) in [5.41, 5.74) is 2.44. The topological polar surface area (TPSA) is 46.2 Å². The second kappa shape index (κ2) is 13.4. The minimum absolute atomic E-state index is 0. The number of rotatable bonds is 13. The van der Waals surface area contributed by atoms with Gasteiger partial charge in [-0.25, -0.2) is 0 Å². The van der Waals surface area contributed by atoms with E-state index in [2.05, 4.69) is 19.9 Å². The Morgan fingerprint density at radius 1 is 0.800 bits per heavy atom. The molecule has 0 aromatic heterocycles. The molecule has 5 nitrogen and oxygen atoms in total. The fourth-order valence-corrected chi connectivity index (χ4v) is 2.53. The molecular weight excluding hydrogens is 367 g/mol. The third-order valence-corrected chi connectivity index (χ3v) is 3.86. The molecule has 1 heterocycles. The zero-order valence-corrected chi connectivity index (χ0v) is 16.3. The van der Waals surface area contributed by atoms with E-state index in [1.807, 2.05) is 6.07 Å². The molecule has 0 aliphatic carbocycles. The van der Waals surface area contributed by atoms with E-state index in [9.17, 15) is 0 Å². The molecule has 0 unspecified atom stereocenters. The van der Waals surface area contributed by atoms with Crippen LogP contribution in [0.3, 0.4) is 0 Å². The largest absolute Gasteiger partial charge is 0.454 e. The number of hydrogen-bond donors (Lipinski definition) is 0. The fourth-order valence-electron chi connectivity index (χ4n) is 2.53. The van der Waals surface area contributed by atoms with Crippen LogP contribution in [0.25, 0.3) is 0 Å². The van der Waals surface area contributed by atoms with E-state index in [0.29, 0.717) is 39.8 Å². The maximum atomic E-state index is 5.75. The summed E-state index contributed by atoms with van der Waals surface area (Å²) in [7, 11) is 0. The number of benzene rings is 1. The maximum Gasteiger partial charge on any atom is 0.231 e. The van der Waals surface area contributed by atoms with Gasteiger partial charge in [0.05, 0.1) is 33.0 Å². The molecule has 2 rings (SSSR count). The van der Waals surface area contributed by atoms with Crippen molar-refractivity contribution in [2.24, 2.45) is 0 Å². The molecule has 0 N–H and O–H groups in total. The molecule has 25 heavy (non-hydrogen) atoms. The zero-order valence-electron chi connectivity index (χ0n) is 15.3. The van der Waals surface area contributed by atoms with Crippen molar-refractivity contribution in [2.45, 2.75) is 46.1 Å². The van der Waals surface area contributed by atoms with Gasteiger partial charge in [0, 0.05) is 23.4 Å². The van der Waals surface area contributed by atoms with Crippen LogP contribution in [0.1, 0.15) is 44.2 Å². The van der Waals surface area contributed by atoms with Crippen molar-refractivity contribution in [3.05, 3.63) is 23.3 Å². The Kier molecular flexibility index (Phi) is 11.9. The Morgan fingerprint density at radius 3 is 2.04 bits per heavy atom. The van der Waals surface area contributed by atoms with Gasteiger partial charge in [-0.15, -0.1) is 0 Å². The summed E-state index contributed by atoms with van der Waals surface area (Å²) in [6.45, 7) is 8.47. The standard InChI is InChI=1S/C19H30O5.Co/c1-3-5-7-20-8-9-21-10-11-22-14-17-13-19-18(23-15-24-19)12-16(17)6-4-2;/h12-13H,3-11,14-15H2,1-2H3;. The van der Waals surface area contributed by atoms with Gasteiger partial charge in [0.15, 0.2) is 11.5 Å². The zero-order chi connectivity index (χ0) is 17.0. The van der Waals surface area contributed by atoms with Gasteiger partial charge in [0.1, 0.15) is 0 Å². The van der Waals surface area contributed by atoms with E-state index < -0.39 is 0 Å². The van der Waals surface area contributed by atoms with Crippen LogP contribution in [0.2, 0.25) is 0 Å². The SMILES string of the molecule is CCCCOCCOCCOCc1cc2c(cc1CCC)OCO2.[Co]. The Balaban J connectivity index is 0.00000312. The third-order valence-electron chi connectivity index (χ3n) is 3.86. The van der Waals surface area contributed by atoms with Crippen LogP contribution in [0.15, 0.2) is 12.1 Å². The molecule has 0 spiro atoms. The van der Waals surface area contributed by atoms with E-state index in [1.54, 1.807) is 0 Å². The molecule has 1 aliphatic heterocycles. The molecule has 1 aromatic rings. The van der Waals surface area contributed by atoms with Gasteiger partial charge in [0.25, 0.3) is 0 Å². The smallest absolute Gasteiger partial charge is 0.231 e. The number of ether oxygens (including phenoxy) is 5. The molecule has 0 bridgehead atoms. The van der Waals surface area contributed by atoms with Crippen LogP contribution >= 0.6 is 0 Å². The normalized spacial score (nSPS) is 12.2. The van der Waals surface area contributed by atoms with Crippen molar-refractivity contribution in [3.63, 3.8) is 0 Å². The van der Waals surface area contributed by atoms with E-state index in [0.717, 1.165) is 43.8 Å². The van der Waals surface area contributed by atoms with E-state index in [4.69, 9.17) is 23.7 Å². The molecule has 0 fully saturated rings. The second-order valence-electron chi connectivity index (χ2n) is 5.86. The molecule has 1 radical (unpaired) electrons. The third kappa shape index (κ3) is 7.96. The first-order valence-corrected chi connectivity index (χ1v) is 8.99. The van der Waals surface area contributed by atoms with E-state index in [1.165, 1.54) is 11.1 Å². The molecule has 145 valence electrons. The van der Waals surface area contributed by atoms with Crippen molar-refractivity contribution in [3.8, 4) is 11.5 Å². The van der Waals surface area contributed by atoms with Crippen LogP contribution in [0, 0.1) is 0 Å². The van der Waals surface area contributed by atoms with Gasteiger partial charge in [-0.1, -0.05) is 26.7 Å². The van der Waals surface area contributed by atoms with Crippen LogP contribution in [0.5, 0.6) is 11.5 Å². The van der Waals surface area contributed by atoms with Crippen molar-refractivity contribution < 1.29 is 40.5 Å². The molecule has 6 heteroatoms. The molecule has 0 atom stereocenters. The van der Waals surface area contributed by atoms with Gasteiger partial charge in [-0.05, 0) is 36.1 Å². The quantitative estimate of drug-likeness (QED) is 0.475. The van der Waals surface area contributed by atoms with Gasteiger partial charge in [-0.3, -0.25) is 0 Å². The maximum absolute atomic E-state index is 5.75. The predicted molar refractivity (Wildman–Crippen MR) is 92.8 cm³/mol. The summed E-state index contributed by atoms with van der Waals surface area (Å²) in [4.78, 5) is 0. The summed E-state index contributed by atoms with van der Waals surface area (Å²) >= 11 is 0. The summed E-state index contributed by atoms with van der Waals surface area (Å²) in [5.74, 6) is 1.66. The first-order chi connectivity index (χ1) is 11.8. The summed E-state index contributed by atoms with van der Waals surface area (Å²) in [6, 6.07) is 4.12. The van der Waals surface area contributed by atoms with Crippen molar-refractivity contribution in [2.75, 3.05) is 39.8 Å². The summed E-state index contributed by atoms with van der Waals surface area (Å²) in [6.07, 6.45) is 4.38. The van der Waals surface area contributed by atoms with Crippen LogP contribution in [-0.4, -0.2) is 39.8 Å². The average Bonchev–Trinajstić information content (AvgIpc) is 3.04. The van der Waals surface area contributed by atoms with Crippen LogP contribution in [0.4, 0.5) is 0 Å². The van der Waals surface area contributed by atoms with E-state index in [-0.39, 0.29) is 16.8 Å². The van der Waals surface area contributed by atoms with Gasteiger partial charge in [-0.2, -0.15) is 0 Å². The number of fused-ring (bicyclic) bond motifs is 1.